The summed E-state index contributed by atoms with van der Waals surface area (Å²) in [6.07, 6.45) is 3.27. The molecule has 7 heteroatoms. The second kappa shape index (κ2) is 5.92. The number of carbonyl (C=O) groups excluding carboxylic acids is 1. The minimum Gasteiger partial charge on any atom is -0.350 e. The fraction of sp³-hybridized carbons (Fsp3) is 0.250. The molecule has 2 rings (SSSR count). The summed E-state index contributed by atoms with van der Waals surface area (Å²) in [6.45, 7) is 2.67. The Balaban J connectivity index is 2.00. The van der Waals surface area contributed by atoms with E-state index in [1.165, 1.54) is 12.1 Å². The summed E-state index contributed by atoms with van der Waals surface area (Å²) in [4.78, 5) is 12.0. The molecule has 1 heterocycles. The van der Waals surface area contributed by atoms with E-state index >= 15 is 0 Å². The number of carbonyl (C=O) groups is 1. The number of nitrogens with one attached hydrogen (secondary N) is 1. The zero-order valence-corrected chi connectivity index (χ0v) is 11.8. The topological polar surface area (TPSA) is 59.8 Å². The van der Waals surface area contributed by atoms with Crippen molar-refractivity contribution in [3.05, 3.63) is 45.9 Å². The zero-order valence-electron chi connectivity index (χ0n) is 10.2. The molecular weight excluding hydrogens is 315 g/mol. The minimum atomic E-state index is -0.445. The molecule has 0 fully saturated rings. The quantitative estimate of drug-likeness (QED) is 0.933. The summed E-state index contributed by atoms with van der Waals surface area (Å²) in [5.41, 5.74) is 1.03. The number of hydrogen-bond acceptors (Lipinski definition) is 3. The third-order valence-electron chi connectivity index (χ3n) is 2.65. The number of halogens is 2. The third kappa shape index (κ3) is 3.37. The smallest absolute Gasteiger partial charge is 0.251 e. The van der Waals surface area contributed by atoms with E-state index in [1.807, 2.05) is 0 Å². The van der Waals surface area contributed by atoms with Crippen LogP contribution in [0.15, 0.2) is 29.0 Å². The van der Waals surface area contributed by atoms with Gasteiger partial charge in [0.25, 0.3) is 5.91 Å². The number of nitrogens with zero attached hydrogens (tertiary/aromatic N) is 3. The molecule has 100 valence electrons. The molecule has 0 saturated heterocycles. The Bertz CT molecular complexity index is 586. The van der Waals surface area contributed by atoms with Gasteiger partial charge in [-0.05, 0) is 24.6 Å². The van der Waals surface area contributed by atoms with Crippen molar-refractivity contribution in [3.63, 3.8) is 0 Å². The number of aromatic nitrogens is 3. The van der Waals surface area contributed by atoms with Gasteiger partial charge in [0.1, 0.15) is 5.82 Å². The van der Waals surface area contributed by atoms with Crippen molar-refractivity contribution in [2.75, 3.05) is 6.54 Å². The molecule has 1 amide bonds. The fourth-order valence-electron chi connectivity index (χ4n) is 1.61. The molecule has 2 aromatic rings. The predicted octanol–water partition coefficient (Wildman–Crippen LogP) is 1.92. The Morgan fingerprint density at radius 2 is 2.32 bits per heavy atom. The molecule has 1 aromatic carbocycles. The van der Waals surface area contributed by atoms with Crippen LogP contribution in [0.5, 0.6) is 0 Å². The van der Waals surface area contributed by atoms with E-state index in [0.29, 0.717) is 28.7 Å². The van der Waals surface area contributed by atoms with E-state index in [2.05, 4.69) is 31.6 Å². The van der Waals surface area contributed by atoms with Gasteiger partial charge in [-0.3, -0.25) is 9.48 Å². The third-order valence-corrected chi connectivity index (χ3v) is 3.48. The van der Waals surface area contributed by atoms with Crippen molar-refractivity contribution in [2.45, 2.75) is 13.5 Å². The van der Waals surface area contributed by atoms with E-state index in [-0.39, 0.29) is 5.91 Å². The maximum absolute atomic E-state index is 13.3. The molecule has 0 radical (unpaired) electrons. The van der Waals surface area contributed by atoms with Crippen LogP contribution in [0, 0.1) is 12.7 Å². The lowest BCUT2D eigenvalue weighted by Crippen LogP contribution is -2.28. The number of rotatable bonds is 4. The highest BCUT2D eigenvalue weighted by molar-refractivity contribution is 9.10. The minimum absolute atomic E-state index is 0.308. The van der Waals surface area contributed by atoms with Crippen LogP contribution in [0.2, 0.25) is 0 Å². The van der Waals surface area contributed by atoms with Gasteiger partial charge in [0.2, 0.25) is 0 Å². The van der Waals surface area contributed by atoms with Crippen molar-refractivity contribution >= 4 is 21.8 Å². The molecule has 0 aliphatic heterocycles. The van der Waals surface area contributed by atoms with Gasteiger partial charge in [-0.1, -0.05) is 21.1 Å². The monoisotopic (exact) mass is 326 g/mol. The maximum Gasteiger partial charge on any atom is 0.251 e. The van der Waals surface area contributed by atoms with Gasteiger partial charge in [-0.2, -0.15) is 0 Å². The molecule has 0 saturated carbocycles. The first-order valence-corrected chi connectivity index (χ1v) is 6.45. The van der Waals surface area contributed by atoms with E-state index in [1.54, 1.807) is 24.0 Å². The highest BCUT2D eigenvalue weighted by atomic mass is 79.9. The van der Waals surface area contributed by atoms with Gasteiger partial charge in [0, 0.05) is 22.8 Å². The summed E-state index contributed by atoms with van der Waals surface area (Å²) in [6, 6.07) is 2.56. The van der Waals surface area contributed by atoms with Gasteiger partial charge in [0.15, 0.2) is 0 Å². The van der Waals surface area contributed by atoms with Crippen LogP contribution in [-0.4, -0.2) is 27.4 Å². The summed E-state index contributed by atoms with van der Waals surface area (Å²) in [5.74, 6) is -0.753. The highest BCUT2D eigenvalue weighted by Crippen LogP contribution is 2.21. The molecule has 1 N–H and O–H groups in total. The Kier molecular flexibility index (Phi) is 4.26. The van der Waals surface area contributed by atoms with E-state index in [9.17, 15) is 9.18 Å². The van der Waals surface area contributed by atoms with Crippen LogP contribution in [0.4, 0.5) is 4.39 Å². The largest absolute Gasteiger partial charge is 0.350 e. The Labute approximate surface area is 117 Å². The molecule has 0 bridgehead atoms. The van der Waals surface area contributed by atoms with E-state index in [4.69, 9.17) is 0 Å². The van der Waals surface area contributed by atoms with Crippen molar-refractivity contribution in [1.82, 2.24) is 20.3 Å². The van der Waals surface area contributed by atoms with E-state index < -0.39 is 5.82 Å². The molecule has 0 aliphatic carbocycles. The predicted molar refractivity (Wildman–Crippen MR) is 71.2 cm³/mol. The average molecular weight is 327 g/mol. The Hall–Kier alpha value is -1.76. The molecule has 19 heavy (non-hydrogen) atoms. The lowest BCUT2D eigenvalue weighted by Gasteiger charge is -2.09. The van der Waals surface area contributed by atoms with Crippen molar-refractivity contribution in [3.8, 4) is 0 Å². The first-order chi connectivity index (χ1) is 9.08. The summed E-state index contributed by atoms with van der Waals surface area (Å²) in [7, 11) is 0. The van der Waals surface area contributed by atoms with Gasteiger partial charge < -0.3 is 5.32 Å². The fourth-order valence-corrected chi connectivity index (χ4v) is 2.05. The number of amides is 1. The molecule has 0 spiro atoms. The molecule has 0 atom stereocenters. The highest BCUT2D eigenvalue weighted by Gasteiger charge is 2.12. The summed E-state index contributed by atoms with van der Waals surface area (Å²) >= 11 is 3.22. The first-order valence-electron chi connectivity index (χ1n) is 5.66. The molecule has 1 aromatic heterocycles. The first kappa shape index (κ1) is 13.7. The average Bonchev–Trinajstić information content (AvgIpc) is 2.86. The molecule has 0 unspecified atom stereocenters. The van der Waals surface area contributed by atoms with Crippen LogP contribution in [0.3, 0.4) is 0 Å². The van der Waals surface area contributed by atoms with Gasteiger partial charge in [0.05, 0.1) is 12.7 Å². The van der Waals surface area contributed by atoms with Crippen LogP contribution in [0.1, 0.15) is 15.9 Å². The van der Waals surface area contributed by atoms with Gasteiger partial charge in [-0.25, -0.2) is 4.39 Å². The van der Waals surface area contributed by atoms with Crippen molar-refractivity contribution in [2.24, 2.45) is 0 Å². The number of hydrogen-bond donors (Lipinski definition) is 1. The molecule has 5 nitrogen and oxygen atoms in total. The molecular formula is C12H12BrFN4O. The SMILES string of the molecule is Cc1c(Br)cc(F)cc1C(=O)NCCn1ccnn1. The van der Waals surface area contributed by atoms with Gasteiger partial charge >= 0.3 is 0 Å². The second-order valence-electron chi connectivity index (χ2n) is 3.98. The summed E-state index contributed by atoms with van der Waals surface area (Å²) in [5, 5.41) is 10.2. The molecule has 0 aliphatic rings. The Morgan fingerprint density at radius 3 is 3.00 bits per heavy atom. The summed E-state index contributed by atoms with van der Waals surface area (Å²) < 4.78 is 15.5. The normalized spacial score (nSPS) is 10.5. The van der Waals surface area contributed by atoms with Crippen molar-refractivity contribution in [1.29, 1.82) is 0 Å². The van der Waals surface area contributed by atoms with Crippen LogP contribution >= 0.6 is 15.9 Å². The lowest BCUT2D eigenvalue weighted by molar-refractivity contribution is 0.0950. The number of benzene rings is 1. The Morgan fingerprint density at radius 1 is 1.53 bits per heavy atom. The maximum atomic E-state index is 13.3. The standard InChI is InChI=1S/C12H12BrFN4O/c1-8-10(6-9(14)7-11(8)13)12(19)15-2-4-18-5-3-16-17-18/h3,5-7H,2,4H2,1H3,(H,15,19). The van der Waals surface area contributed by atoms with Crippen LogP contribution in [-0.2, 0) is 6.54 Å². The zero-order chi connectivity index (χ0) is 13.8. The van der Waals surface area contributed by atoms with Crippen LogP contribution in [0.25, 0.3) is 0 Å². The lowest BCUT2D eigenvalue weighted by atomic mass is 10.1. The second-order valence-corrected chi connectivity index (χ2v) is 4.84. The van der Waals surface area contributed by atoms with Crippen molar-refractivity contribution < 1.29 is 9.18 Å². The van der Waals surface area contributed by atoms with Gasteiger partial charge in [-0.15, -0.1) is 5.10 Å². The van der Waals surface area contributed by atoms with E-state index in [0.717, 1.165) is 0 Å². The van der Waals surface area contributed by atoms with Crippen LogP contribution < -0.4 is 5.32 Å².